The maximum Gasteiger partial charge on any atom is 0.305 e. The standard InChI is InChI=1S/C19H35N3O4S/c1-12(2)8-15(21)6-5-7-27-16(9-17(23)24)19(26)22-11-14(10-20)18(25)13(3)4/h12-14,16,21H,5-11,20H2,1-4H3,(H,22,26)(H,23,24). The molecule has 27 heavy (non-hydrogen) atoms. The maximum absolute atomic E-state index is 12.4. The predicted octanol–water partition coefficient (Wildman–Crippen LogP) is 2.33. The lowest BCUT2D eigenvalue weighted by Crippen LogP contribution is -2.42. The number of carboxylic acids is 1. The Bertz CT molecular complexity index is 509. The SMILES string of the molecule is CC(C)CC(=N)CCCSC(CC(=O)O)C(=O)NCC(CN)C(=O)C(C)C. The molecule has 0 saturated carbocycles. The molecule has 0 aliphatic rings. The fraction of sp³-hybridized carbons (Fsp3) is 0.789. The van der Waals surface area contributed by atoms with E-state index in [4.69, 9.17) is 16.2 Å². The zero-order valence-corrected chi connectivity index (χ0v) is 17.7. The number of Topliss-reactive ketones (excluding diaryl/α,β-unsaturated/α-hetero) is 1. The van der Waals surface area contributed by atoms with Crippen LogP contribution >= 0.6 is 11.8 Å². The van der Waals surface area contributed by atoms with Crippen molar-refractivity contribution >= 4 is 35.1 Å². The van der Waals surface area contributed by atoms with Crippen molar-refractivity contribution < 1.29 is 19.5 Å². The molecule has 2 unspecified atom stereocenters. The van der Waals surface area contributed by atoms with Crippen molar-refractivity contribution in [3.63, 3.8) is 0 Å². The third kappa shape index (κ3) is 11.8. The Morgan fingerprint density at radius 1 is 1.15 bits per heavy atom. The highest BCUT2D eigenvalue weighted by atomic mass is 32.2. The van der Waals surface area contributed by atoms with E-state index in [0.717, 1.165) is 12.8 Å². The molecule has 0 aromatic carbocycles. The highest BCUT2D eigenvalue weighted by Crippen LogP contribution is 2.18. The molecule has 8 heteroatoms. The summed E-state index contributed by atoms with van der Waals surface area (Å²) in [7, 11) is 0. The number of nitrogens with two attached hydrogens (primary N) is 1. The lowest BCUT2D eigenvalue weighted by Gasteiger charge is -2.19. The van der Waals surface area contributed by atoms with Crippen LogP contribution in [0.3, 0.4) is 0 Å². The topological polar surface area (TPSA) is 133 Å². The summed E-state index contributed by atoms with van der Waals surface area (Å²) in [6.07, 6.45) is 1.88. The van der Waals surface area contributed by atoms with Gasteiger partial charge in [-0.15, -0.1) is 11.8 Å². The van der Waals surface area contributed by atoms with Crippen LogP contribution in [0.25, 0.3) is 0 Å². The van der Waals surface area contributed by atoms with Gasteiger partial charge < -0.3 is 21.6 Å². The van der Waals surface area contributed by atoms with Crippen LogP contribution in [0.4, 0.5) is 0 Å². The molecular weight excluding hydrogens is 366 g/mol. The second kappa shape index (κ2) is 13.7. The van der Waals surface area contributed by atoms with Crippen molar-refractivity contribution in [1.82, 2.24) is 5.32 Å². The summed E-state index contributed by atoms with van der Waals surface area (Å²) in [6.45, 7) is 7.97. The number of carbonyl (C=O) groups excluding carboxylic acids is 2. The molecule has 2 atom stereocenters. The molecule has 0 radical (unpaired) electrons. The minimum absolute atomic E-state index is 0.0103. The molecule has 0 aromatic heterocycles. The van der Waals surface area contributed by atoms with Crippen molar-refractivity contribution in [1.29, 1.82) is 5.41 Å². The van der Waals surface area contributed by atoms with Gasteiger partial charge in [-0.2, -0.15) is 0 Å². The molecule has 0 bridgehead atoms. The third-order valence-electron chi connectivity index (χ3n) is 4.03. The Balaban J connectivity index is 4.52. The number of hydrogen-bond acceptors (Lipinski definition) is 6. The van der Waals surface area contributed by atoms with Gasteiger partial charge >= 0.3 is 5.97 Å². The largest absolute Gasteiger partial charge is 0.481 e. The summed E-state index contributed by atoms with van der Waals surface area (Å²) >= 11 is 1.29. The molecule has 7 nitrogen and oxygen atoms in total. The van der Waals surface area contributed by atoms with Gasteiger partial charge in [0, 0.05) is 30.6 Å². The lowest BCUT2D eigenvalue weighted by molar-refractivity contribution is -0.138. The molecule has 0 rings (SSSR count). The van der Waals surface area contributed by atoms with Crippen LogP contribution in [0.15, 0.2) is 0 Å². The Hall–Kier alpha value is -1.41. The lowest BCUT2D eigenvalue weighted by atomic mass is 9.95. The van der Waals surface area contributed by atoms with Gasteiger partial charge in [0.2, 0.25) is 5.91 Å². The van der Waals surface area contributed by atoms with Crippen molar-refractivity contribution in [2.75, 3.05) is 18.8 Å². The van der Waals surface area contributed by atoms with Crippen LogP contribution in [-0.4, -0.2) is 52.6 Å². The van der Waals surface area contributed by atoms with Crippen LogP contribution in [-0.2, 0) is 14.4 Å². The molecule has 0 fully saturated rings. The number of hydrogen-bond donors (Lipinski definition) is 4. The Morgan fingerprint density at radius 2 is 1.78 bits per heavy atom. The van der Waals surface area contributed by atoms with Gasteiger partial charge in [0.05, 0.1) is 11.7 Å². The van der Waals surface area contributed by atoms with E-state index < -0.39 is 17.1 Å². The summed E-state index contributed by atoms with van der Waals surface area (Å²) in [5.74, 6) is -0.999. The number of carboxylic acid groups (broad SMARTS) is 1. The van der Waals surface area contributed by atoms with E-state index in [-0.39, 0.29) is 37.1 Å². The van der Waals surface area contributed by atoms with Gasteiger partial charge in [-0.25, -0.2) is 0 Å². The number of thioether (sulfide) groups is 1. The van der Waals surface area contributed by atoms with Crippen molar-refractivity contribution in [3.8, 4) is 0 Å². The summed E-state index contributed by atoms with van der Waals surface area (Å²) < 4.78 is 0. The van der Waals surface area contributed by atoms with Gasteiger partial charge in [-0.1, -0.05) is 27.7 Å². The molecule has 0 heterocycles. The van der Waals surface area contributed by atoms with Gasteiger partial charge in [-0.05, 0) is 30.9 Å². The summed E-state index contributed by atoms with van der Waals surface area (Å²) in [4.78, 5) is 35.5. The summed E-state index contributed by atoms with van der Waals surface area (Å²) in [5.41, 5.74) is 6.31. The molecule has 0 aliphatic carbocycles. The number of carbonyl (C=O) groups is 3. The molecular formula is C19H35N3O4S. The maximum atomic E-state index is 12.4. The second-order valence-electron chi connectivity index (χ2n) is 7.50. The number of aliphatic carboxylic acids is 1. The van der Waals surface area contributed by atoms with E-state index >= 15 is 0 Å². The van der Waals surface area contributed by atoms with Crippen molar-refractivity contribution in [2.45, 2.75) is 58.6 Å². The Labute approximate surface area is 166 Å². The molecule has 0 saturated heterocycles. The molecule has 0 spiro atoms. The van der Waals surface area contributed by atoms with Crippen molar-refractivity contribution in [2.24, 2.45) is 23.5 Å². The summed E-state index contributed by atoms with van der Waals surface area (Å²) in [6, 6.07) is 0. The van der Waals surface area contributed by atoms with Gasteiger partial charge in [-0.3, -0.25) is 14.4 Å². The highest BCUT2D eigenvalue weighted by molar-refractivity contribution is 8.00. The highest BCUT2D eigenvalue weighted by Gasteiger charge is 2.25. The molecule has 1 amide bonds. The van der Waals surface area contributed by atoms with E-state index in [0.29, 0.717) is 23.8 Å². The first-order valence-corrected chi connectivity index (χ1v) is 10.5. The molecule has 156 valence electrons. The van der Waals surface area contributed by atoms with E-state index in [1.807, 2.05) is 0 Å². The number of nitrogens with one attached hydrogen (secondary N) is 2. The number of rotatable bonds is 15. The van der Waals surface area contributed by atoms with Crippen molar-refractivity contribution in [3.05, 3.63) is 0 Å². The Morgan fingerprint density at radius 3 is 2.26 bits per heavy atom. The predicted molar refractivity (Wildman–Crippen MR) is 110 cm³/mol. The first-order chi connectivity index (χ1) is 12.6. The van der Waals surface area contributed by atoms with Gasteiger partial charge in [0.1, 0.15) is 5.78 Å². The average molecular weight is 402 g/mol. The Kier molecular flexibility index (Phi) is 13.0. The minimum atomic E-state index is -1.04. The normalized spacial score (nSPS) is 13.4. The van der Waals surface area contributed by atoms with Crippen LogP contribution in [0.1, 0.15) is 53.4 Å². The van der Waals surface area contributed by atoms with Gasteiger partial charge in [0.25, 0.3) is 0 Å². The zero-order chi connectivity index (χ0) is 21.0. The molecule has 0 aliphatic heterocycles. The number of amides is 1. The van der Waals surface area contributed by atoms with Gasteiger partial charge in [0.15, 0.2) is 0 Å². The summed E-state index contributed by atoms with van der Waals surface area (Å²) in [5, 5.41) is 18.9. The fourth-order valence-corrected chi connectivity index (χ4v) is 3.69. The van der Waals surface area contributed by atoms with E-state index in [9.17, 15) is 14.4 Å². The fourth-order valence-electron chi connectivity index (χ4n) is 2.60. The van der Waals surface area contributed by atoms with Crippen LogP contribution in [0.2, 0.25) is 0 Å². The average Bonchev–Trinajstić information content (AvgIpc) is 2.56. The quantitative estimate of drug-likeness (QED) is 0.246. The first kappa shape index (κ1) is 25.6. The van der Waals surface area contributed by atoms with E-state index in [1.165, 1.54) is 11.8 Å². The zero-order valence-electron chi connectivity index (χ0n) is 16.9. The molecule has 5 N–H and O–H groups in total. The molecule has 0 aromatic rings. The third-order valence-corrected chi connectivity index (χ3v) is 5.34. The van der Waals surface area contributed by atoms with Crippen LogP contribution < -0.4 is 11.1 Å². The number of ketones is 1. The smallest absolute Gasteiger partial charge is 0.305 e. The van der Waals surface area contributed by atoms with E-state index in [1.54, 1.807) is 13.8 Å². The minimum Gasteiger partial charge on any atom is -0.481 e. The second-order valence-corrected chi connectivity index (χ2v) is 8.81. The first-order valence-electron chi connectivity index (χ1n) is 9.49. The monoisotopic (exact) mass is 401 g/mol. The van der Waals surface area contributed by atoms with Crippen LogP contribution in [0.5, 0.6) is 0 Å². The van der Waals surface area contributed by atoms with E-state index in [2.05, 4.69) is 19.2 Å². The van der Waals surface area contributed by atoms with Crippen LogP contribution in [0, 0.1) is 23.2 Å².